The fourth-order valence-electron chi connectivity index (χ4n) is 1.86. The lowest BCUT2D eigenvalue weighted by atomic mass is 9.96. The van der Waals surface area contributed by atoms with Crippen molar-refractivity contribution in [3.8, 4) is 0 Å². The van der Waals surface area contributed by atoms with Crippen molar-refractivity contribution < 1.29 is 5.11 Å². The van der Waals surface area contributed by atoms with Crippen LogP contribution in [0.3, 0.4) is 0 Å². The zero-order valence-corrected chi connectivity index (χ0v) is 9.90. The molecule has 1 aliphatic carbocycles. The van der Waals surface area contributed by atoms with Crippen molar-refractivity contribution in [2.75, 3.05) is 13.2 Å². The van der Waals surface area contributed by atoms with Crippen LogP contribution in [0.15, 0.2) is 12.4 Å². The average Bonchev–Trinajstić information content (AvgIpc) is 3.10. The first-order chi connectivity index (χ1) is 7.65. The van der Waals surface area contributed by atoms with Crippen molar-refractivity contribution in [2.24, 2.45) is 5.92 Å². The Morgan fingerprint density at radius 3 is 2.69 bits per heavy atom. The maximum atomic E-state index is 9.57. The third kappa shape index (κ3) is 2.39. The summed E-state index contributed by atoms with van der Waals surface area (Å²) in [6.07, 6.45) is 5.95. The molecule has 88 valence electrons. The van der Waals surface area contributed by atoms with E-state index in [1.165, 1.54) is 12.8 Å². The molecule has 2 rings (SSSR count). The Bertz CT molecular complexity index is 365. The van der Waals surface area contributed by atoms with Crippen LogP contribution in [0.5, 0.6) is 0 Å². The quantitative estimate of drug-likeness (QED) is 0.778. The van der Waals surface area contributed by atoms with Gasteiger partial charge < -0.3 is 10.4 Å². The van der Waals surface area contributed by atoms with E-state index in [-0.39, 0.29) is 6.61 Å². The Hall–Kier alpha value is -1.00. The van der Waals surface area contributed by atoms with Gasteiger partial charge in [-0.3, -0.25) is 9.97 Å². The van der Waals surface area contributed by atoms with E-state index in [2.05, 4.69) is 15.3 Å². The van der Waals surface area contributed by atoms with Crippen molar-refractivity contribution in [3.05, 3.63) is 23.8 Å². The molecule has 1 aromatic rings. The second-order valence-corrected chi connectivity index (χ2v) is 4.80. The lowest BCUT2D eigenvalue weighted by Gasteiger charge is -2.29. The SMILES string of the molecule is Cc1nccnc1C(C)(CO)NCC1CC1. The Morgan fingerprint density at radius 1 is 1.44 bits per heavy atom. The highest BCUT2D eigenvalue weighted by Crippen LogP contribution is 2.29. The van der Waals surface area contributed by atoms with Crippen molar-refractivity contribution >= 4 is 0 Å². The van der Waals surface area contributed by atoms with Gasteiger partial charge in [0.25, 0.3) is 0 Å². The Balaban J connectivity index is 2.15. The van der Waals surface area contributed by atoms with E-state index in [1.54, 1.807) is 12.4 Å². The van der Waals surface area contributed by atoms with Gasteiger partial charge in [0.15, 0.2) is 0 Å². The lowest BCUT2D eigenvalue weighted by Crippen LogP contribution is -2.45. The molecule has 0 spiro atoms. The number of aromatic nitrogens is 2. The molecule has 1 heterocycles. The first-order valence-electron chi connectivity index (χ1n) is 5.80. The van der Waals surface area contributed by atoms with Crippen LogP contribution in [-0.4, -0.2) is 28.2 Å². The molecule has 2 N–H and O–H groups in total. The van der Waals surface area contributed by atoms with E-state index in [1.807, 2.05) is 13.8 Å². The van der Waals surface area contributed by atoms with Crippen molar-refractivity contribution in [3.63, 3.8) is 0 Å². The summed E-state index contributed by atoms with van der Waals surface area (Å²) in [6, 6.07) is 0. The van der Waals surface area contributed by atoms with E-state index < -0.39 is 5.54 Å². The molecule has 1 aromatic heterocycles. The number of nitrogens with zero attached hydrogens (tertiary/aromatic N) is 2. The van der Waals surface area contributed by atoms with Crippen LogP contribution in [0.2, 0.25) is 0 Å². The van der Waals surface area contributed by atoms with E-state index in [9.17, 15) is 5.11 Å². The summed E-state index contributed by atoms with van der Waals surface area (Å²) in [5.41, 5.74) is 1.25. The number of nitrogens with one attached hydrogen (secondary N) is 1. The topological polar surface area (TPSA) is 58.0 Å². The van der Waals surface area contributed by atoms with E-state index in [0.717, 1.165) is 23.9 Å². The van der Waals surface area contributed by atoms with Crippen molar-refractivity contribution in [1.82, 2.24) is 15.3 Å². The summed E-state index contributed by atoms with van der Waals surface area (Å²) in [5.74, 6) is 0.780. The molecule has 1 fully saturated rings. The molecular weight excluding hydrogens is 202 g/mol. The molecule has 0 radical (unpaired) electrons. The summed E-state index contributed by atoms with van der Waals surface area (Å²) in [7, 11) is 0. The molecule has 4 nitrogen and oxygen atoms in total. The third-order valence-electron chi connectivity index (χ3n) is 3.20. The Morgan fingerprint density at radius 2 is 2.12 bits per heavy atom. The van der Waals surface area contributed by atoms with Gasteiger partial charge in [-0.15, -0.1) is 0 Å². The van der Waals surface area contributed by atoms with E-state index in [0.29, 0.717) is 0 Å². The highest BCUT2D eigenvalue weighted by Gasteiger charge is 2.31. The minimum atomic E-state index is -0.471. The second-order valence-electron chi connectivity index (χ2n) is 4.80. The fraction of sp³-hybridized carbons (Fsp3) is 0.667. The van der Waals surface area contributed by atoms with Crippen LogP contribution in [0.4, 0.5) is 0 Å². The van der Waals surface area contributed by atoms with E-state index in [4.69, 9.17) is 0 Å². The standard InChI is InChI=1S/C12H19N3O/c1-9-11(14-6-5-13-9)12(2,8-16)15-7-10-3-4-10/h5-6,10,15-16H,3-4,7-8H2,1-2H3. The summed E-state index contributed by atoms with van der Waals surface area (Å²) in [5, 5.41) is 13.0. The molecule has 0 saturated heterocycles. The van der Waals surface area contributed by atoms with Gasteiger partial charge in [-0.2, -0.15) is 0 Å². The van der Waals surface area contributed by atoms with Crippen LogP contribution in [0.25, 0.3) is 0 Å². The summed E-state index contributed by atoms with van der Waals surface area (Å²) < 4.78 is 0. The minimum absolute atomic E-state index is 0.0409. The predicted molar refractivity (Wildman–Crippen MR) is 61.9 cm³/mol. The molecule has 16 heavy (non-hydrogen) atoms. The molecular formula is C12H19N3O. The van der Waals surface area contributed by atoms with Crippen LogP contribution in [-0.2, 0) is 5.54 Å². The number of aryl methyl sites for hydroxylation is 1. The largest absolute Gasteiger partial charge is 0.394 e. The molecule has 0 aliphatic heterocycles. The molecule has 4 heteroatoms. The zero-order chi connectivity index (χ0) is 11.6. The highest BCUT2D eigenvalue weighted by molar-refractivity contribution is 5.19. The first kappa shape index (κ1) is 11.5. The maximum absolute atomic E-state index is 9.57. The molecule has 1 saturated carbocycles. The van der Waals surface area contributed by atoms with Crippen molar-refractivity contribution in [1.29, 1.82) is 0 Å². The van der Waals surface area contributed by atoms with Gasteiger partial charge in [0, 0.05) is 12.4 Å². The first-order valence-corrected chi connectivity index (χ1v) is 5.80. The smallest absolute Gasteiger partial charge is 0.0837 e. The summed E-state index contributed by atoms with van der Waals surface area (Å²) in [6.45, 7) is 4.90. The van der Waals surface area contributed by atoms with Gasteiger partial charge in [0.05, 0.1) is 23.5 Å². The molecule has 0 amide bonds. The van der Waals surface area contributed by atoms with Crippen LogP contribution < -0.4 is 5.32 Å². The monoisotopic (exact) mass is 221 g/mol. The van der Waals surface area contributed by atoms with Crippen molar-refractivity contribution in [2.45, 2.75) is 32.2 Å². The number of aliphatic hydroxyl groups excluding tert-OH is 1. The van der Waals surface area contributed by atoms with Gasteiger partial charge >= 0.3 is 0 Å². The summed E-state index contributed by atoms with van der Waals surface area (Å²) >= 11 is 0. The molecule has 1 aliphatic rings. The molecule has 0 bridgehead atoms. The fourth-order valence-corrected chi connectivity index (χ4v) is 1.86. The molecule has 1 unspecified atom stereocenters. The number of rotatable bonds is 5. The summed E-state index contributed by atoms with van der Waals surface area (Å²) in [4.78, 5) is 8.56. The predicted octanol–water partition coefficient (Wildman–Crippen LogP) is 0.992. The number of aliphatic hydroxyl groups is 1. The van der Waals surface area contributed by atoms with Gasteiger partial charge in [-0.05, 0) is 39.2 Å². The second kappa shape index (κ2) is 4.47. The minimum Gasteiger partial charge on any atom is -0.394 e. The third-order valence-corrected chi connectivity index (χ3v) is 3.20. The van der Waals surface area contributed by atoms with E-state index >= 15 is 0 Å². The van der Waals surface area contributed by atoms with Gasteiger partial charge in [-0.25, -0.2) is 0 Å². The average molecular weight is 221 g/mol. The Labute approximate surface area is 96.1 Å². The van der Waals surface area contributed by atoms with Crippen LogP contribution in [0.1, 0.15) is 31.2 Å². The van der Waals surface area contributed by atoms with Gasteiger partial charge in [-0.1, -0.05) is 0 Å². The molecule has 0 aromatic carbocycles. The van der Waals surface area contributed by atoms with Gasteiger partial charge in [0.2, 0.25) is 0 Å². The maximum Gasteiger partial charge on any atom is 0.0837 e. The number of hydrogen-bond acceptors (Lipinski definition) is 4. The normalized spacial score (nSPS) is 19.4. The molecule has 1 atom stereocenters. The van der Waals surface area contributed by atoms with Gasteiger partial charge in [0.1, 0.15) is 0 Å². The zero-order valence-electron chi connectivity index (χ0n) is 9.90. The lowest BCUT2D eigenvalue weighted by molar-refractivity contribution is 0.169. The van der Waals surface area contributed by atoms with Crippen LogP contribution >= 0.6 is 0 Å². The number of hydrogen-bond donors (Lipinski definition) is 2. The highest BCUT2D eigenvalue weighted by atomic mass is 16.3. The van der Waals surface area contributed by atoms with Crippen LogP contribution in [0, 0.1) is 12.8 Å². The Kier molecular flexibility index (Phi) is 3.21.